The van der Waals surface area contributed by atoms with E-state index in [1.54, 1.807) is 23.9 Å². The summed E-state index contributed by atoms with van der Waals surface area (Å²) in [5, 5.41) is 11.3. The van der Waals surface area contributed by atoms with Gasteiger partial charge in [-0.3, -0.25) is 4.99 Å². The predicted octanol–water partition coefficient (Wildman–Crippen LogP) is 3.60. The second-order valence-electron chi connectivity index (χ2n) is 7.64. The zero-order valence-corrected chi connectivity index (χ0v) is 20.3. The molecule has 3 rings (SSSR count). The quantitative estimate of drug-likeness (QED) is 0.238. The highest BCUT2D eigenvalue weighted by Crippen LogP contribution is 2.16. The van der Waals surface area contributed by atoms with Crippen LogP contribution in [0.1, 0.15) is 38.3 Å². The summed E-state index contributed by atoms with van der Waals surface area (Å²) >= 11 is 0. The van der Waals surface area contributed by atoms with Crippen molar-refractivity contribution in [1.29, 1.82) is 0 Å². The molecule has 8 heteroatoms. The van der Waals surface area contributed by atoms with Gasteiger partial charge in [0.15, 0.2) is 5.96 Å². The van der Waals surface area contributed by atoms with E-state index >= 15 is 0 Å². The van der Waals surface area contributed by atoms with E-state index in [4.69, 9.17) is 0 Å². The van der Waals surface area contributed by atoms with E-state index in [0.29, 0.717) is 0 Å². The van der Waals surface area contributed by atoms with Crippen LogP contribution in [0.2, 0.25) is 0 Å². The van der Waals surface area contributed by atoms with E-state index in [1.807, 2.05) is 12.3 Å². The number of aliphatic imine (C=N–C) groups is 1. The fourth-order valence-corrected chi connectivity index (χ4v) is 3.74. The standard InChI is InChI=1S/C22H33FN6.HI/c1-18-6-3-4-15-28(18)16-5-13-25-22(24-2)26-14-11-20-12-17-29(27-20)21-9-7-19(23)8-10-21;/h7-10,12,17-18H,3-6,11,13-16H2,1-2H3,(H2,24,25,26);1H. The number of nitrogens with one attached hydrogen (secondary N) is 2. The van der Waals surface area contributed by atoms with E-state index in [1.165, 1.54) is 37.9 Å². The second-order valence-corrected chi connectivity index (χ2v) is 7.64. The minimum Gasteiger partial charge on any atom is -0.356 e. The van der Waals surface area contributed by atoms with E-state index in [2.05, 4.69) is 32.5 Å². The van der Waals surface area contributed by atoms with Crippen LogP contribution in [0.5, 0.6) is 0 Å². The lowest BCUT2D eigenvalue weighted by Crippen LogP contribution is -2.41. The second kappa shape index (κ2) is 12.9. The molecule has 0 radical (unpaired) electrons. The number of guanidine groups is 1. The molecule has 1 aliphatic rings. The van der Waals surface area contributed by atoms with Crippen molar-refractivity contribution in [1.82, 2.24) is 25.3 Å². The average Bonchev–Trinajstić information content (AvgIpc) is 3.20. The number of nitrogens with zero attached hydrogens (tertiary/aromatic N) is 4. The zero-order chi connectivity index (χ0) is 20.5. The molecule has 1 aliphatic heterocycles. The van der Waals surface area contributed by atoms with Gasteiger partial charge in [0.25, 0.3) is 0 Å². The molecule has 1 fully saturated rings. The summed E-state index contributed by atoms with van der Waals surface area (Å²) in [7, 11) is 1.80. The Morgan fingerprint density at radius 2 is 1.93 bits per heavy atom. The molecule has 1 aromatic carbocycles. The zero-order valence-electron chi connectivity index (χ0n) is 18.0. The third-order valence-corrected chi connectivity index (χ3v) is 5.49. The van der Waals surface area contributed by atoms with Crippen molar-refractivity contribution in [3.63, 3.8) is 0 Å². The van der Waals surface area contributed by atoms with Gasteiger partial charge in [0.2, 0.25) is 0 Å². The Kier molecular flexibility index (Phi) is 10.6. The number of rotatable bonds is 8. The minimum atomic E-state index is -0.241. The Morgan fingerprint density at radius 3 is 2.67 bits per heavy atom. The Labute approximate surface area is 196 Å². The lowest BCUT2D eigenvalue weighted by Gasteiger charge is -2.33. The van der Waals surface area contributed by atoms with Crippen molar-refractivity contribution in [3.05, 3.63) is 48.0 Å². The first-order valence-electron chi connectivity index (χ1n) is 10.6. The minimum absolute atomic E-state index is 0. The molecular weight excluding hydrogens is 494 g/mol. The van der Waals surface area contributed by atoms with Crippen LogP contribution in [0.15, 0.2) is 41.5 Å². The van der Waals surface area contributed by atoms with Crippen LogP contribution in [0.25, 0.3) is 5.69 Å². The number of likely N-dealkylation sites (tertiary alicyclic amines) is 1. The number of aromatic nitrogens is 2. The molecule has 0 aliphatic carbocycles. The van der Waals surface area contributed by atoms with Crippen LogP contribution in [-0.4, -0.2) is 59.9 Å². The fourth-order valence-electron chi connectivity index (χ4n) is 3.74. The van der Waals surface area contributed by atoms with Crippen molar-refractivity contribution < 1.29 is 4.39 Å². The maximum Gasteiger partial charge on any atom is 0.190 e. The molecule has 2 N–H and O–H groups in total. The van der Waals surface area contributed by atoms with Gasteiger partial charge in [-0.15, -0.1) is 24.0 Å². The Morgan fingerprint density at radius 1 is 1.17 bits per heavy atom. The molecule has 166 valence electrons. The van der Waals surface area contributed by atoms with Gasteiger partial charge in [-0.05, 0) is 63.1 Å². The molecule has 1 unspecified atom stereocenters. The van der Waals surface area contributed by atoms with Crippen molar-refractivity contribution in [3.8, 4) is 5.69 Å². The molecule has 0 spiro atoms. The maximum atomic E-state index is 13.0. The van der Waals surface area contributed by atoms with Crippen LogP contribution in [0, 0.1) is 5.82 Å². The van der Waals surface area contributed by atoms with Gasteiger partial charge in [0, 0.05) is 45.3 Å². The summed E-state index contributed by atoms with van der Waals surface area (Å²) in [6, 6.07) is 9.04. The lowest BCUT2D eigenvalue weighted by molar-refractivity contribution is 0.159. The highest BCUT2D eigenvalue weighted by molar-refractivity contribution is 14.0. The molecule has 30 heavy (non-hydrogen) atoms. The first kappa shape index (κ1) is 24.6. The van der Waals surface area contributed by atoms with Crippen LogP contribution >= 0.6 is 24.0 Å². The molecule has 0 bridgehead atoms. The van der Waals surface area contributed by atoms with Crippen molar-refractivity contribution in [2.24, 2.45) is 4.99 Å². The molecule has 2 heterocycles. The van der Waals surface area contributed by atoms with Crippen LogP contribution < -0.4 is 10.6 Å². The van der Waals surface area contributed by atoms with E-state index in [-0.39, 0.29) is 29.8 Å². The third-order valence-electron chi connectivity index (χ3n) is 5.49. The average molecular weight is 528 g/mol. The molecule has 0 saturated carbocycles. The lowest BCUT2D eigenvalue weighted by atomic mass is 10.0. The maximum absolute atomic E-state index is 13.0. The van der Waals surface area contributed by atoms with Gasteiger partial charge < -0.3 is 15.5 Å². The van der Waals surface area contributed by atoms with E-state index in [9.17, 15) is 4.39 Å². The van der Waals surface area contributed by atoms with Gasteiger partial charge >= 0.3 is 0 Å². The third kappa shape index (κ3) is 7.54. The molecule has 1 saturated heterocycles. The summed E-state index contributed by atoms with van der Waals surface area (Å²) < 4.78 is 14.8. The van der Waals surface area contributed by atoms with Gasteiger partial charge in [0.1, 0.15) is 5.82 Å². The van der Waals surface area contributed by atoms with Crippen LogP contribution in [0.4, 0.5) is 4.39 Å². The van der Waals surface area contributed by atoms with Gasteiger partial charge in [0.05, 0.1) is 11.4 Å². The topological polar surface area (TPSA) is 57.5 Å². The first-order chi connectivity index (χ1) is 14.2. The smallest absolute Gasteiger partial charge is 0.190 e. The van der Waals surface area contributed by atoms with Gasteiger partial charge in [-0.1, -0.05) is 6.42 Å². The summed E-state index contributed by atoms with van der Waals surface area (Å²) in [5.74, 6) is 0.587. The molecule has 2 aromatic rings. The molecule has 1 aromatic heterocycles. The predicted molar refractivity (Wildman–Crippen MR) is 132 cm³/mol. The molecular formula is C22H34FIN6. The molecule has 6 nitrogen and oxygen atoms in total. The molecule has 0 amide bonds. The fraction of sp³-hybridized carbons (Fsp3) is 0.545. The van der Waals surface area contributed by atoms with Crippen LogP contribution in [-0.2, 0) is 6.42 Å². The number of halogens is 2. The Hall–Kier alpha value is -1.68. The van der Waals surface area contributed by atoms with Gasteiger partial charge in [-0.25, -0.2) is 9.07 Å². The summed E-state index contributed by atoms with van der Waals surface area (Å²) in [6.07, 6.45) is 7.84. The highest BCUT2D eigenvalue weighted by atomic mass is 127. The highest BCUT2D eigenvalue weighted by Gasteiger charge is 2.17. The number of hydrogen-bond acceptors (Lipinski definition) is 3. The van der Waals surface area contributed by atoms with E-state index in [0.717, 1.165) is 55.9 Å². The first-order valence-corrected chi connectivity index (χ1v) is 10.6. The molecule has 1 atom stereocenters. The van der Waals surface area contributed by atoms with Gasteiger partial charge in [-0.2, -0.15) is 5.10 Å². The summed E-state index contributed by atoms with van der Waals surface area (Å²) in [5.41, 5.74) is 1.84. The summed E-state index contributed by atoms with van der Waals surface area (Å²) in [6.45, 7) is 6.39. The van der Waals surface area contributed by atoms with Crippen LogP contribution in [0.3, 0.4) is 0 Å². The monoisotopic (exact) mass is 528 g/mol. The SMILES string of the molecule is CN=C(NCCCN1CCCCC1C)NCCc1ccn(-c2ccc(F)cc2)n1.I. The Bertz CT molecular complexity index is 776. The van der Waals surface area contributed by atoms with Crippen molar-refractivity contribution in [2.45, 2.75) is 45.1 Å². The number of piperidine rings is 1. The normalized spacial score (nSPS) is 17.4. The summed E-state index contributed by atoms with van der Waals surface area (Å²) in [4.78, 5) is 6.90. The number of hydrogen-bond donors (Lipinski definition) is 2. The van der Waals surface area contributed by atoms with E-state index < -0.39 is 0 Å². The Balaban J connectivity index is 0.00000320. The largest absolute Gasteiger partial charge is 0.356 e. The van der Waals surface area contributed by atoms with Crippen molar-refractivity contribution >= 4 is 29.9 Å². The number of benzene rings is 1. The van der Waals surface area contributed by atoms with Crippen molar-refractivity contribution in [2.75, 3.05) is 33.2 Å².